The van der Waals surface area contributed by atoms with E-state index in [1.165, 1.54) is 11.3 Å². The molecule has 2 aromatic heterocycles. The lowest BCUT2D eigenvalue weighted by atomic mass is 10.00. The van der Waals surface area contributed by atoms with Gasteiger partial charge in [0.2, 0.25) is 5.91 Å². The van der Waals surface area contributed by atoms with Crippen molar-refractivity contribution in [2.75, 3.05) is 7.05 Å². The first kappa shape index (κ1) is 15.7. The highest BCUT2D eigenvalue weighted by molar-refractivity contribution is 7.17. The molecule has 0 fully saturated rings. The van der Waals surface area contributed by atoms with E-state index in [-0.39, 0.29) is 23.6 Å². The average Bonchev–Trinajstić information content (AvgIpc) is 2.83. The second kappa shape index (κ2) is 5.95. The molecule has 114 valence electrons. The number of nitrogens with one attached hydrogen (secondary N) is 1. The Morgan fingerprint density at radius 1 is 1.52 bits per heavy atom. The van der Waals surface area contributed by atoms with Gasteiger partial charge in [-0.2, -0.15) is 0 Å². The predicted molar refractivity (Wildman–Crippen MR) is 84.2 cm³/mol. The van der Waals surface area contributed by atoms with Crippen molar-refractivity contribution in [3.8, 4) is 0 Å². The van der Waals surface area contributed by atoms with Crippen molar-refractivity contribution in [1.29, 1.82) is 0 Å². The molecule has 0 aliphatic heterocycles. The molecule has 0 aromatic carbocycles. The van der Waals surface area contributed by atoms with Crippen LogP contribution in [-0.4, -0.2) is 33.4 Å². The third kappa shape index (κ3) is 4.12. The number of rotatable bonds is 5. The zero-order chi connectivity index (χ0) is 15.6. The number of nitrogens with two attached hydrogens (primary N) is 1. The molecule has 0 bridgehead atoms. The van der Waals surface area contributed by atoms with E-state index in [4.69, 9.17) is 5.73 Å². The lowest BCUT2D eigenvalue weighted by Gasteiger charge is -2.21. The molecule has 0 aliphatic carbocycles. The van der Waals surface area contributed by atoms with E-state index in [9.17, 15) is 9.59 Å². The smallest absolute Gasteiger partial charge is 0.268 e. The Balaban J connectivity index is 2.05. The maximum absolute atomic E-state index is 12.0. The Hall–Kier alpha value is -1.73. The molecule has 0 radical (unpaired) electrons. The lowest BCUT2D eigenvalue weighted by molar-refractivity contribution is -0.130. The number of hydrogen-bond acceptors (Lipinski definition) is 5. The molecule has 0 saturated heterocycles. The molecular weight excluding hydrogens is 288 g/mol. The highest BCUT2D eigenvalue weighted by Gasteiger charge is 2.17. The summed E-state index contributed by atoms with van der Waals surface area (Å²) in [4.78, 5) is 32.6. The van der Waals surface area contributed by atoms with Crippen LogP contribution < -0.4 is 11.3 Å². The minimum atomic E-state index is -0.362. The molecule has 3 N–H and O–H groups in total. The third-order valence-corrected chi connectivity index (χ3v) is 4.06. The van der Waals surface area contributed by atoms with Gasteiger partial charge in [-0.1, -0.05) is 0 Å². The summed E-state index contributed by atoms with van der Waals surface area (Å²) in [6, 6.07) is 1.80. The molecule has 2 rings (SSSR count). The molecule has 0 spiro atoms. The molecule has 0 aliphatic rings. The van der Waals surface area contributed by atoms with Crippen LogP contribution in [0, 0.1) is 0 Å². The van der Waals surface area contributed by atoms with Crippen LogP contribution in [0.25, 0.3) is 10.2 Å². The number of carbonyl (C=O) groups is 1. The molecule has 21 heavy (non-hydrogen) atoms. The number of hydrogen-bond donors (Lipinski definition) is 2. The van der Waals surface area contributed by atoms with Crippen LogP contribution in [0.4, 0.5) is 0 Å². The van der Waals surface area contributed by atoms with E-state index >= 15 is 0 Å². The topological polar surface area (TPSA) is 92.1 Å². The maximum Gasteiger partial charge on any atom is 0.268 e. The minimum absolute atomic E-state index is 0.0124. The van der Waals surface area contributed by atoms with Crippen LogP contribution in [0.3, 0.4) is 0 Å². The zero-order valence-corrected chi connectivity index (χ0v) is 13.3. The van der Waals surface area contributed by atoms with Gasteiger partial charge in [0.1, 0.15) is 10.5 Å². The summed E-state index contributed by atoms with van der Waals surface area (Å²) in [5.41, 5.74) is 6.03. The van der Waals surface area contributed by atoms with Gasteiger partial charge in [-0.15, -0.1) is 11.3 Å². The van der Waals surface area contributed by atoms with Crippen molar-refractivity contribution < 1.29 is 4.79 Å². The van der Waals surface area contributed by atoms with Gasteiger partial charge in [0.25, 0.3) is 5.56 Å². The Labute approximate surface area is 127 Å². The van der Waals surface area contributed by atoms with E-state index in [1.54, 1.807) is 18.0 Å². The number of carbonyl (C=O) groups excluding carboxylic acids is 1. The van der Waals surface area contributed by atoms with Crippen molar-refractivity contribution in [3.63, 3.8) is 0 Å². The number of aromatic nitrogens is 2. The van der Waals surface area contributed by atoms with Gasteiger partial charge in [-0.3, -0.25) is 9.59 Å². The highest BCUT2D eigenvalue weighted by atomic mass is 32.1. The molecule has 2 aromatic rings. The van der Waals surface area contributed by atoms with Crippen molar-refractivity contribution in [3.05, 3.63) is 27.6 Å². The predicted octanol–water partition coefficient (Wildman–Crippen LogP) is 1.46. The number of aromatic amines is 1. The van der Waals surface area contributed by atoms with E-state index in [1.807, 2.05) is 19.2 Å². The summed E-state index contributed by atoms with van der Waals surface area (Å²) in [5.74, 6) is 0.482. The van der Waals surface area contributed by atoms with E-state index in [2.05, 4.69) is 9.97 Å². The molecular formula is C14H20N4O2S. The first-order chi connectivity index (χ1) is 9.76. The molecule has 0 unspecified atom stereocenters. The second-order valence-electron chi connectivity index (χ2n) is 5.89. The summed E-state index contributed by atoms with van der Waals surface area (Å²) >= 11 is 1.36. The van der Waals surface area contributed by atoms with Gasteiger partial charge < -0.3 is 15.6 Å². The van der Waals surface area contributed by atoms with Crippen molar-refractivity contribution in [1.82, 2.24) is 14.9 Å². The Kier molecular flexibility index (Phi) is 4.43. The Morgan fingerprint density at radius 2 is 2.24 bits per heavy atom. The van der Waals surface area contributed by atoms with Gasteiger partial charge in [0, 0.05) is 19.0 Å². The second-order valence-corrected chi connectivity index (χ2v) is 6.80. The van der Waals surface area contributed by atoms with Crippen molar-refractivity contribution in [2.45, 2.75) is 38.8 Å². The summed E-state index contributed by atoms with van der Waals surface area (Å²) in [7, 11) is 1.70. The first-order valence-electron chi connectivity index (χ1n) is 6.75. The quantitative estimate of drug-likeness (QED) is 0.874. The number of H-pyrrole nitrogens is 1. The van der Waals surface area contributed by atoms with E-state index < -0.39 is 0 Å². The fraction of sp³-hybridized carbons (Fsp3) is 0.500. The van der Waals surface area contributed by atoms with Gasteiger partial charge in [0.15, 0.2) is 0 Å². The fourth-order valence-corrected chi connectivity index (χ4v) is 2.65. The summed E-state index contributed by atoms with van der Waals surface area (Å²) < 4.78 is 0.609. The lowest BCUT2D eigenvalue weighted by Crippen LogP contribution is -2.35. The van der Waals surface area contributed by atoms with Crippen molar-refractivity contribution >= 4 is 27.5 Å². The molecule has 0 atom stereocenters. The molecule has 6 nitrogen and oxygen atoms in total. The average molecular weight is 308 g/mol. The fourth-order valence-electron chi connectivity index (χ4n) is 1.93. The normalized spacial score (nSPS) is 11.8. The molecule has 1 amide bonds. The Morgan fingerprint density at radius 3 is 2.90 bits per heavy atom. The van der Waals surface area contributed by atoms with Crippen LogP contribution in [0.5, 0.6) is 0 Å². The van der Waals surface area contributed by atoms with Crippen LogP contribution in [0.2, 0.25) is 0 Å². The number of amides is 1. The zero-order valence-electron chi connectivity index (χ0n) is 12.5. The van der Waals surface area contributed by atoms with Gasteiger partial charge in [-0.05, 0) is 31.7 Å². The van der Waals surface area contributed by atoms with Gasteiger partial charge in [-0.25, -0.2) is 4.98 Å². The standard InChI is InChI=1S/C14H20N4O2S/c1-14(2,15)6-4-11(19)18(3)8-10-16-9-5-7-21-12(9)13(20)17-10/h5,7H,4,6,8,15H2,1-3H3,(H,16,17,20). The molecule has 0 saturated carbocycles. The SMILES string of the molecule is CN(Cc1nc2ccsc2c(=O)[nH]1)C(=O)CCC(C)(C)N. The largest absolute Gasteiger partial charge is 0.338 e. The number of fused-ring (bicyclic) bond motifs is 1. The number of nitrogens with zero attached hydrogens (tertiary/aromatic N) is 2. The van der Waals surface area contributed by atoms with Gasteiger partial charge >= 0.3 is 0 Å². The monoisotopic (exact) mass is 308 g/mol. The molecule has 7 heteroatoms. The summed E-state index contributed by atoms with van der Waals surface area (Å²) in [6.07, 6.45) is 0.995. The maximum atomic E-state index is 12.0. The van der Waals surface area contributed by atoms with Crippen LogP contribution in [-0.2, 0) is 11.3 Å². The third-order valence-electron chi connectivity index (χ3n) is 3.16. The molecule has 2 heterocycles. The van der Waals surface area contributed by atoms with Crippen LogP contribution in [0.1, 0.15) is 32.5 Å². The minimum Gasteiger partial charge on any atom is -0.338 e. The Bertz CT molecular complexity index is 699. The highest BCUT2D eigenvalue weighted by Crippen LogP contribution is 2.14. The van der Waals surface area contributed by atoms with Crippen LogP contribution in [0.15, 0.2) is 16.2 Å². The van der Waals surface area contributed by atoms with Gasteiger partial charge in [0.05, 0.1) is 12.1 Å². The van der Waals surface area contributed by atoms with E-state index in [0.29, 0.717) is 28.9 Å². The summed E-state index contributed by atoms with van der Waals surface area (Å²) in [5, 5.41) is 1.83. The van der Waals surface area contributed by atoms with E-state index in [0.717, 1.165) is 0 Å². The summed E-state index contributed by atoms with van der Waals surface area (Å²) in [6.45, 7) is 4.07. The first-order valence-corrected chi connectivity index (χ1v) is 7.63. The number of thiophene rings is 1. The van der Waals surface area contributed by atoms with Crippen LogP contribution >= 0.6 is 11.3 Å². The van der Waals surface area contributed by atoms with Crippen molar-refractivity contribution in [2.24, 2.45) is 5.73 Å².